The standard InChI is InChI=1S/C16H12N2O2S/c17-16(20)14-15(21-11-6-2-1-3-7-11)12-8-4-5-9-13(12)18(14)10-19/h1-10H,(H2,17,20). The molecule has 5 heteroatoms. The van der Waals surface area contributed by atoms with Crippen LogP contribution >= 0.6 is 11.8 Å². The van der Waals surface area contributed by atoms with Crippen molar-refractivity contribution in [1.82, 2.24) is 4.57 Å². The third-order valence-electron chi connectivity index (χ3n) is 3.17. The first-order valence-electron chi connectivity index (χ1n) is 6.33. The van der Waals surface area contributed by atoms with E-state index in [4.69, 9.17) is 5.73 Å². The highest BCUT2D eigenvalue weighted by Crippen LogP contribution is 2.37. The normalized spacial score (nSPS) is 10.7. The summed E-state index contributed by atoms with van der Waals surface area (Å²) in [6.07, 6.45) is 0.622. The second kappa shape index (κ2) is 5.46. The summed E-state index contributed by atoms with van der Waals surface area (Å²) in [5.41, 5.74) is 6.38. The lowest BCUT2D eigenvalue weighted by molar-refractivity contribution is 0.0991. The third kappa shape index (κ3) is 2.32. The van der Waals surface area contributed by atoms with Crippen LogP contribution in [-0.2, 0) is 4.79 Å². The molecule has 0 aliphatic heterocycles. The molecule has 0 unspecified atom stereocenters. The van der Waals surface area contributed by atoms with E-state index in [0.29, 0.717) is 16.8 Å². The number of primary amides is 1. The number of benzene rings is 2. The summed E-state index contributed by atoms with van der Waals surface area (Å²) in [5.74, 6) is -0.614. The van der Waals surface area contributed by atoms with E-state index in [1.54, 1.807) is 6.07 Å². The molecule has 1 amide bonds. The number of hydrogen-bond acceptors (Lipinski definition) is 3. The second-order valence-corrected chi connectivity index (χ2v) is 5.53. The van der Waals surface area contributed by atoms with Crippen molar-refractivity contribution in [1.29, 1.82) is 0 Å². The number of rotatable bonds is 4. The van der Waals surface area contributed by atoms with Gasteiger partial charge >= 0.3 is 0 Å². The van der Waals surface area contributed by atoms with Crippen LogP contribution in [0.3, 0.4) is 0 Å². The number of fused-ring (bicyclic) bond motifs is 1. The number of carbonyl (C=O) groups is 2. The molecule has 104 valence electrons. The molecule has 2 N–H and O–H groups in total. The van der Waals surface area contributed by atoms with E-state index in [0.717, 1.165) is 10.3 Å². The van der Waals surface area contributed by atoms with Crippen molar-refractivity contribution < 1.29 is 9.59 Å². The molecule has 0 aliphatic rings. The van der Waals surface area contributed by atoms with E-state index < -0.39 is 5.91 Å². The molecule has 0 saturated carbocycles. The van der Waals surface area contributed by atoms with Crippen LogP contribution in [0.5, 0.6) is 0 Å². The first kappa shape index (κ1) is 13.5. The van der Waals surface area contributed by atoms with Gasteiger partial charge in [0.2, 0.25) is 6.41 Å². The van der Waals surface area contributed by atoms with Gasteiger partial charge in [0, 0.05) is 10.3 Å². The lowest BCUT2D eigenvalue weighted by Crippen LogP contribution is -2.17. The van der Waals surface area contributed by atoms with Crippen LogP contribution in [0.4, 0.5) is 0 Å². The van der Waals surface area contributed by atoms with Crippen LogP contribution in [0.1, 0.15) is 10.5 Å². The maximum absolute atomic E-state index is 11.8. The summed E-state index contributed by atoms with van der Waals surface area (Å²) in [5, 5.41) is 0.840. The summed E-state index contributed by atoms with van der Waals surface area (Å²) < 4.78 is 1.31. The first-order valence-corrected chi connectivity index (χ1v) is 7.15. The smallest absolute Gasteiger partial charge is 0.266 e. The Morgan fingerprint density at radius 3 is 2.38 bits per heavy atom. The molecule has 1 heterocycles. The molecule has 0 aliphatic carbocycles. The van der Waals surface area contributed by atoms with Gasteiger partial charge < -0.3 is 5.73 Å². The zero-order chi connectivity index (χ0) is 14.8. The molecule has 0 bridgehead atoms. The number of hydrogen-bond donors (Lipinski definition) is 1. The van der Waals surface area contributed by atoms with Crippen LogP contribution in [0.25, 0.3) is 10.9 Å². The monoisotopic (exact) mass is 296 g/mol. The number of nitrogens with zero attached hydrogens (tertiary/aromatic N) is 1. The molecule has 4 nitrogen and oxygen atoms in total. The molecule has 3 aromatic rings. The van der Waals surface area contributed by atoms with E-state index in [1.165, 1.54) is 16.3 Å². The van der Waals surface area contributed by atoms with E-state index >= 15 is 0 Å². The maximum atomic E-state index is 11.8. The predicted octanol–water partition coefficient (Wildman–Crippen LogP) is 2.93. The van der Waals surface area contributed by atoms with Crippen LogP contribution in [0.2, 0.25) is 0 Å². The average Bonchev–Trinajstić information content (AvgIpc) is 2.82. The Balaban J connectivity index is 2.27. The summed E-state index contributed by atoms with van der Waals surface area (Å²) >= 11 is 1.43. The number of para-hydroxylation sites is 1. The van der Waals surface area contributed by atoms with Gasteiger partial charge in [-0.15, -0.1) is 0 Å². The van der Waals surface area contributed by atoms with Crippen molar-refractivity contribution in [2.75, 3.05) is 0 Å². The molecule has 2 aromatic carbocycles. The van der Waals surface area contributed by atoms with E-state index in [2.05, 4.69) is 0 Å². The SMILES string of the molecule is NC(=O)c1c(Sc2ccccc2)c2ccccc2n1C=O. The number of aromatic nitrogens is 1. The van der Waals surface area contributed by atoms with E-state index in [9.17, 15) is 9.59 Å². The lowest BCUT2D eigenvalue weighted by atomic mass is 10.2. The van der Waals surface area contributed by atoms with Gasteiger partial charge in [0.15, 0.2) is 0 Å². The van der Waals surface area contributed by atoms with Gasteiger partial charge in [0.1, 0.15) is 5.69 Å². The Morgan fingerprint density at radius 2 is 1.71 bits per heavy atom. The van der Waals surface area contributed by atoms with Crippen molar-refractivity contribution in [3.05, 3.63) is 60.3 Å². The van der Waals surface area contributed by atoms with Crippen molar-refractivity contribution in [2.45, 2.75) is 9.79 Å². The molecule has 0 saturated heterocycles. The minimum atomic E-state index is -0.614. The Bertz CT molecular complexity index is 825. The molecular weight excluding hydrogens is 284 g/mol. The Kier molecular flexibility index (Phi) is 3.50. The highest BCUT2D eigenvalue weighted by Gasteiger charge is 2.21. The summed E-state index contributed by atoms with van der Waals surface area (Å²) in [7, 11) is 0. The van der Waals surface area contributed by atoms with Crippen molar-refractivity contribution in [2.24, 2.45) is 5.73 Å². The van der Waals surface area contributed by atoms with Gasteiger partial charge in [-0.3, -0.25) is 14.2 Å². The minimum absolute atomic E-state index is 0.222. The molecule has 0 atom stereocenters. The zero-order valence-corrected chi connectivity index (χ0v) is 11.8. The van der Waals surface area contributed by atoms with Gasteiger partial charge in [-0.25, -0.2) is 0 Å². The van der Waals surface area contributed by atoms with Gasteiger partial charge in [0.05, 0.1) is 10.4 Å². The van der Waals surface area contributed by atoms with Gasteiger partial charge in [-0.2, -0.15) is 0 Å². The molecule has 0 radical (unpaired) electrons. The summed E-state index contributed by atoms with van der Waals surface area (Å²) in [4.78, 5) is 24.8. The largest absolute Gasteiger partial charge is 0.364 e. The van der Waals surface area contributed by atoms with Crippen LogP contribution in [0, 0.1) is 0 Å². The molecule has 0 fully saturated rings. The van der Waals surface area contributed by atoms with Gasteiger partial charge in [-0.05, 0) is 18.2 Å². The Morgan fingerprint density at radius 1 is 1.05 bits per heavy atom. The Hall–Kier alpha value is -2.53. The number of amides is 1. The predicted molar refractivity (Wildman–Crippen MR) is 83.2 cm³/mol. The topological polar surface area (TPSA) is 65.1 Å². The number of nitrogens with two attached hydrogens (primary N) is 1. The highest BCUT2D eigenvalue weighted by molar-refractivity contribution is 7.99. The quantitative estimate of drug-likeness (QED) is 0.753. The van der Waals surface area contributed by atoms with Crippen LogP contribution in [0.15, 0.2) is 64.4 Å². The summed E-state index contributed by atoms with van der Waals surface area (Å²) in [6, 6.07) is 17.0. The number of carbonyl (C=O) groups excluding carboxylic acids is 2. The fraction of sp³-hybridized carbons (Fsp3) is 0. The summed E-state index contributed by atoms with van der Waals surface area (Å²) in [6.45, 7) is 0. The second-order valence-electron chi connectivity index (χ2n) is 4.45. The van der Waals surface area contributed by atoms with E-state index in [1.807, 2.05) is 48.5 Å². The fourth-order valence-electron chi connectivity index (χ4n) is 2.28. The zero-order valence-electron chi connectivity index (χ0n) is 11.0. The van der Waals surface area contributed by atoms with Crippen molar-refractivity contribution in [3.63, 3.8) is 0 Å². The fourth-order valence-corrected chi connectivity index (χ4v) is 3.39. The van der Waals surface area contributed by atoms with Gasteiger partial charge in [-0.1, -0.05) is 48.2 Å². The molecular formula is C16H12N2O2S. The van der Waals surface area contributed by atoms with Gasteiger partial charge in [0.25, 0.3) is 5.91 Å². The molecule has 1 aromatic heterocycles. The average molecular weight is 296 g/mol. The first-order chi connectivity index (χ1) is 10.2. The highest BCUT2D eigenvalue weighted by atomic mass is 32.2. The van der Waals surface area contributed by atoms with Crippen LogP contribution in [-0.4, -0.2) is 16.9 Å². The minimum Gasteiger partial charge on any atom is -0.364 e. The van der Waals surface area contributed by atoms with Crippen molar-refractivity contribution in [3.8, 4) is 0 Å². The molecule has 0 spiro atoms. The Labute approximate surface area is 125 Å². The third-order valence-corrected chi connectivity index (χ3v) is 4.29. The van der Waals surface area contributed by atoms with Crippen LogP contribution < -0.4 is 5.73 Å². The lowest BCUT2D eigenvalue weighted by Gasteiger charge is -2.03. The molecule has 21 heavy (non-hydrogen) atoms. The van der Waals surface area contributed by atoms with Crippen molar-refractivity contribution >= 4 is 35.0 Å². The maximum Gasteiger partial charge on any atom is 0.266 e. The van der Waals surface area contributed by atoms with E-state index in [-0.39, 0.29) is 5.69 Å². The molecule has 3 rings (SSSR count).